The van der Waals surface area contributed by atoms with E-state index in [-0.39, 0.29) is 23.1 Å². The van der Waals surface area contributed by atoms with E-state index in [1.165, 1.54) is 19.1 Å². The lowest BCUT2D eigenvalue weighted by Crippen LogP contribution is -2.48. The second-order valence-corrected chi connectivity index (χ2v) is 6.38. The number of halogens is 3. The molecular weight excluding hydrogens is 307 g/mol. The van der Waals surface area contributed by atoms with Crippen LogP contribution in [0.25, 0.3) is 0 Å². The molecule has 126 valence electrons. The zero-order chi connectivity index (χ0) is 16.6. The first kappa shape index (κ1) is 16.3. The van der Waals surface area contributed by atoms with Gasteiger partial charge in [0.2, 0.25) is 5.91 Å². The van der Waals surface area contributed by atoms with E-state index in [1.807, 2.05) is 0 Å². The van der Waals surface area contributed by atoms with Crippen LogP contribution in [-0.2, 0) is 11.0 Å². The lowest BCUT2D eigenvalue weighted by atomic mass is 9.86. The van der Waals surface area contributed by atoms with E-state index in [9.17, 15) is 18.0 Å². The van der Waals surface area contributed by atoms with Crippen molar-refractivity contribution in [1.29, 1.82) is 0 Å². The van der Waals surface area contributed by atoms with Crippen molar-refractivity contribution >= 4 is 11.6 Å². The number of hydrogen-bond acceptors (Lipinski definition) is 3. The largest absolute Gasteiger partial charge is 0.416 e. The van der Waals surface area contributed by atoms with Crippen LogP contribution in [0, 0.1) is 18.8 Å². The van der Waals surface area contributed by atoms with E-state index in [0.717, 1.165) is 25.6 Å². The third-order valence-corrected chi connectivity index (χ3v) is 4.73. The molecular formula is C16H20F3N3O. The Labute approximate surface area is 132 Å². The molecule has 1 aromatic carbocycles. The second-order valence-electron chi connectivity index (χ2n) is 6.38. The van der Waals surface area contributed by atoms with Gasteiger partial charge in [-0.1, -0.05) is 6.07 Å². The maximum atomic E-state index is 12.9. The van der Waals surface area contributed by atoms with Crippen LogP contribution >= 0.6 is 0 Å². The monoisotopic (exact) mass is 327 g/mol. The third kappa shape index (κ3) is 3.50. The first-order chi connectivity index (χ1) is 10.8. The average molecular weight is 327 g/mol. The minimum absolute atomic E-state index is 0.148. The van der Waals surface area contributed by atoms with Crippen molar-refractivity contribution in [2.45, 2.75) is 25.6 Å². The summed E-state index contributed by atoms with van der Waals surface area (Å²) in [5.74, 6) is -0.0325. The predicted molar refractivity (Wildman–Crippen MR) is 81.1 cm³/mol. The zero-order valence-electron chi connectivity index (χ0n) is 12.8. The number of fused-ring (bicyclic) bond motifs is 1. The number of carbonyl (C=O) groups excluding carboxylic acids is 1. The van der Waals surface area contributed by atoms with Crippen LogP contribution in [0.2, 0.25) is 0 Å². The molecule has 0 spiro atoms. The predicted octanol–water partition coefficient (Wildman–Crippen LogP) is 2.15. The fraction of sp³-hybridized carbons (Fsp3) is 0.562. The standard InChI is InChI=1S/C16H20F3N3O/c1-9-2-3-12(5-13(9)16(17,18)19)22-15(23)11-4-10-6-20-8-14(10)21-7-11/h2-3,5,10-11,14,20-21H,4,6-8H2,1H3,(H,22,23). The molecule has 0 radical (unpaired) electrons. The molecule has 3 N–H and O–H groups in total. The molecule has 2 saturated heterocycles. The summed E-state index contributed by atoms with van der Waals surface area (Å²) in [5.41, 5.74) is -0.369. The van der Waals surface area contributed by atoms with Crippen LogP contribution < -0.4 is 16.0 Å². The molecule has 0 saturated carbocycles. The molecule has 1 aromatic rings. The number of alkyl halides is 3. The molecule has 3 unspecified atom stereocenters. The van der Waals surface area contributed by atoms with E-state index in [4.69, 9.17) is 0 Å². The van der Waals surface area contributed by atoms with E-state index >= 15 is 0 Å². The zero-order valence-corrected chi connectivity index (χ0v) is 12.8. The maximum Gasteiger partial charge on any atom is 0.416 e. The highest BCUT2D eigenvalue weighted by Crippen LogP contribution is 2.33. The molecule has 2 aliphatic heterocycles. The van der Waals surface area contributed by atoms with E-state index in [0.29, 0.717) is 18.5 Å². The number of rotatable bonds is 2. The van der Waals surface area contributed by atoms with Gasteiger partial charge in [0, 0.05) is 24.8 Å². The topological polar surface area (TPSA) is 53.2 Å². The van der Waals surface area contributed by atoms with Gasteiger partial charge in [-0.05, 0) is 43.5 Å². The van der Waals surface area contributed by atoms with Gasteiger partial charge in [0.15, 0.2) is 0 Å². The molecule has 3 rings (SSSR count). The highest BCUT2D eigenvalue weighted by molar-refractivity contribution is 5.93. The van der Waals surface area contributed by atoms with Crippen LogP contribution in [0.1, 0.15) is 17.5 Å². The summed E-state index contributed by atoms with van der Waals surface area (Å²) in [6, 6.07) is 4.30. The average Bonchev–Trinajstić information content (AvgIpc) is 2.95. The van der Waals surface area contributed by atoms with Gasteiger partial charge in [0.1, 0.15) is 0 Å². The Morgan fingerprint density at radius 2 is 2.04 bits per heavy atom. The Bertz CT molecular complexity index is 603. The van der Waals surface area contributed by atoms with E-state index in [2.05, 4.69) is 16.0 Å². The summed E-state index contributed by atoms with van der Waals surface area (Å²) in [6.45, 7) is 3.76. The quantitative estimate of drug-likeness (QED) is 0.780. The SMILES string of the molecule is Cc1ccc(NC(=O)C2CNC3CNCC3C2)cc1C(F)(F)F. The van der Waals surface area contributed by atoms with E-state index < -0.39 is 11.7 Å². The molecule has 0 aliphatic carbocycles. The number of anilines is 1. The van der Waals surface area contributed by atoms with Crippen molar-refractivity contribution in [3.05, 3.63) is 29.3 Å². The first-order valence-corrected chi connectivity index (χ1v) is 7.77. The Morgan fingerprint density at radius 3 is 2.78 bits per heavy atom. The third-order valence-electron chi connectivity index (χ3n) is 4.73. The number of carbonyl (C=O) groups is 1. The Hall–Kier alpha value is -1.60. The summed E-state index contributed by atoms with van der Waals surface area (Å²) in [5, 5.41) is 9.26. The van der Waals surface area contributed by atoms with Crippen molar-refractivity contribution < 1.29 is 18.0 Å². The molecule has 0 bridgehead atoms. The number of amides is 1. The fourth-order valence-electron chi connectivity index (χ4n) is 3.41. The van der Waals surface area contributed by atoms with Gasteiger partial charge in [-0.2, -0.15) is 13.2 Å². The van der Waals surface area contributed by atoms with Crippen LogP contribution in [0.3, 0.4) is 0 Å². The van der Waals surface area contributed by atoms with Gasteiger partial charge >= 0.3 is 6.18 Å². The Balaban J connectivity index is 1.68. The highest BCUT2D eigenvalue weighted by Gasteiger charge is 2.36. The lowest BCUT2D eigenvalue weighted by molar-refractivity contribution is -0.138. The molecule has 2 heterocycles. The summed E-state index contributed by atoms with van der Waals surface area (Å²) in [6.07, 6.45) is -3.66. The molecule has 1 amide bonds. The minimum Gasteiger partial charge on any atom is -0.326 e. The van der Waals surface area contributed by atoms with Crippen molar-refractivity contribution in [2.75, 3.05) is 25.0 Å². The summed E-state index contributed by atoms with van der Waals surface area (Å²) in [7, 11) is 0. The van der Waals surface area contributed by atoms with Gasteiger partial charge in [-0.3, -0.25) is 4.79 Å². The van der Waals surface area contributed by atoms with Crippen molar-refractivity contribution in [3.63, 3.8) is 0 Å². The second kappa shape index (κ2) is 6.13. The number of nitrogens with one attached hydrogen (secondary N) is 3. The molecule has 3 atom stereocenters. The van der Waals surface area contributed by atoms with Crippen molar-refractivity contribution in [1.82, 2.24) is 10.6 Å². The molecule has 2 fully saturated rings. The normalized spacial score (nSPS) is 27.6. The molecule has 2 aliphatic rings. The molecule has 7 heteroatoms. The van der Waals surface area contributed by atoms with E-state index in [1.54, 1.807) is 0 Å². The van der Waals surface area contributed by atoms with Crippen LogP contribution in [-0.4, -0.2) is 31.6 Å². The number of aryl methyl sites for hydroxylation is 1. The highest BCUT2D eigenvalue weighted by atomic mass is 19.4. The van der Waals surface area contributed by atoms with Gasteiger partial charge < -0.3 is 16.0 Å². The fourth-order valence-corrected chi connectivity index (χ4v) is 3.41. The van der Waals surface area contributed by atoms with Gasteiger partial charge in [0.25, 0.3) is 0 Å². The van der Waals surface area contributed by atoms with Gasteiger partial charge in [-0.25, -0.2) is 0 Å². The smallest absolute Gasteiger partial charge is 0.326 e. The lowest BCUT2D eigenvalue weighted by Gasteiger charge is -2.31. The van der Waals surface area contributed by atoms with Gasteiger partial charge in [-0.15, -0.1) is 0 Å². The summed E-state index contributed by atoms with van der Waals surface area (Å²) in [4.78, 5) is 12.3. The summed E-state index contributed by atoms with van der Waals surface area (Å²) >= 11 is 0. The summed E-state index contributed by atoms with van der Waals surface area (Å²) < 4.78 is 38.8. The Morgan fingerprint density at radius 1 is 1.26 bits per heavy atom. The maximum absolute atomic E-state index is 12.9. The van der Waals surface area contributed by atoms with Crippen molar-refractivity contribution in [3.8, 4) is 0 Å². The number of benzene rings is 1. The molecule has 23 heavy (non-hydrogen) atoms. The number of hydrogen-bond donors (Lipinski definition) is 3. The minimum atomic E-state index is -4.42. The molecule has 4 nitrogen and oxygen atoms in total. The van der Waals surface area contributed by atoms with Gasteiger partial charge in [0.05, 0.1) is 11.5 Å². The van der Waals surface area contributed by atoms with Crippen LogP contribution in [0.4, 0.5) is 18.9 Å². The van der Waals surface area contributed by atoms with Crippen molar-refractivity contribution in [2.24, 2.45) is 11.8 Å². The first-order valence-electron chi connectivity index (χ1n) is 7.77. The Kier molecular flexibility index (Phi) is 4.33. The number of piperidine rings is 1. The molecule has 0 aromatic heterocycles. The van der Waals surface area contributed by atoms with Crippen LogP contribution in [0.5, 0.6) is 0 Å². The van der Waals surface area contributed by atoms with Crippen LogP contribution in [0.15, 0.2) is 18.2 Å².